The molecule has 9 heteroatoms. The van der Waals surface area contributed by atoms with Gasteiger partial charge >= 0.3 is 0 Å². The molecule has 2 fully saturated rings. The summed E-state index contributed by atoms with van der Waals surface area (Å²) in [5.74, 6) is -0.419. The first kappa shape index (κ1) is 28.8. The van der Waals surface area contributed by atoms with E-state index in [1.54, 1.807) is 6.07 Å². The van der Waals surface area contributed by atoms with E-state index in [2.05, 4.69) is 58.2 Å². The highest BCUT2D eigenvalue weighted by Crippen LogP contribution is 2.31. The number of piperazine rings is 2. The van der Waals surface area contributed by atoms with Crippen molar-refractivity contribution in [3.05, 3.63) is 75.1 Å². The number of hydrogen-bond acceptors (Lipinski definition) is 4. The Balaban J connectivity index is 0.000000204. The second-order valence-corrected chi connectivity index (χ2v) is 9.70. The van der Waals surface area contributed by atoms with Gasteiger partial charge in [-0.05, 0) is 52.0 Å². The normalized spacial score (nSPS) is 23.5. The zero-order valence-electron chi connectivity index (χ0n) is 20.6. The van der Waals surface area contributed by atoms with Gasteiger partial charge in [0.15, 0.2) is 0 Å². The number of benzene rings is 2. The molecular formula is C26H33Cl2FN6. The van der Waals surface area contributed by atoms with Gasteiger partial charge in [-0.25, -0.2) is 14.1 Å². The Kier molecular flexibility index (Phi) is 11.7. The van der Waals surface area contributed by atoms with E-state index in [1.165, 1.54) is 12.1 Å². The van der Waals surface area contributed by atoms with E-state index in [9.17, 15) is 4.39 Å². The smallest absolute Gasteiger partial charge is 0.205 e. The maximum Gasteiger partial charge on any atom is 0.205 e. The maximum atomic E-state index is 12.3. The Labute approximate surface area is 218 Å². The molecule has 2 saturated heterocycles. The predicted octanol–water partition coefficient (Wildman–Crippen LogP) is 6.06. The summed E-state index contributed by atoms with van der Waals surface area (Å²) in [6, 6.07) is 11.6. The third-order valence-corrected chi connectivity index (χ3v) is 6.33. The number of nitrogens with one attached hydrogen (secondary N) is 3. The summed E-state index contributed by atoms with van der Waals surface area (Å²) < 4.78 is 12.3. The molecule has 4 atom stereocenters. The van der Waals surface area contributed by atoms with Crippen molar-refractivity contribution in [2.45, 2.75) is 51.9 Å². The Morgan fingerprint density at radius 2 is 1.31 bits per heavy atom. The van der Waals surface area contributed by atoms with E-state index in [-0.39, 0.29) is 10.7 Å². The zero-order chi connectivity index (χ0) is 26.0. The van der Waals surface area contributed by atoms with Gasteiger partial charge in [-0.2, -0.15) is 0 Å². The molecule has 0 bridgehead atoms. The summed E-state index contributed by atoms with van der Waals surface area (Å²) in [7, 11) is 0. The van der Waals surface area contributed by atoms with Crippen molar-refractivity contribution >= 4 is 40.3 Å². The maximum absolute atomic E-state index is 12.3. The van der Waals surface area contributed by atoms with Gasteiger partial charge in [0.1, 0.15) is 5.82 Å². The number of rotatable bonds is 1. The molecule has 0 spiro atoms. The minimum atomic E-state index is -0.419. The van der Waals surface area contributed by atoms with Crippen molar-refractivity contribution in [3.8, 4) is 0 Å². The molecule has 0 saturated carbocycles. The highest BCUT2D eigenvalue weighted by Gasteiger charge is 2.22. The number of nitrogens with zero attached hydrogens (tertiary/aromatic N) is 3. The topological polar surface area (TPSA) is 48.1 Å². The highest BCUT2D eigenvalue weighted by molar-refractivity contribution is 6.33. The van der Waals surface area contributed by atoms with Crippen LogP contribution in [0, 0.1) is 19.0 Å². The van der Waals surface area contributed by atoms with Gasteiger partial charge in [0.2, 0.25) is 11.4 Å². The predicted molar refractivity (Wildman–Crippen MR) is 145 cm³/mol. The largest absolute Gasteiger partial charge is 0.366 e. The summed E-state index contributed by atoms with van der Waals surface area (Å²) in [4.78, 5) is 8.77. The standard InChI is InChI=1S/C13H16ClN3.C7H3ClFN.C6H14N2/c1-9-8-17(10(2)7-16-9)11-4-5-13(15-3)12(14)6-11;1-10-7-3-2-5(9)4-6(7)8;1-5-3-8-6(2)4-7-5/h4-6,9-10,16H,7-8H2,1-2H3;2-4H;5-8H,3-4H2,1-2H3/t9-,10+;;5-,6+/m1../s1. The van der Waals surface area contributed by atoms with Crippen LogP contribution in [0.25, 0.3) is 9.69 Å². The average molecular weight is 519 g/mol. The number of halogens is 3. The SMILES string of the molecule is C[C@@H]1CN[C@@H](C)CN1.[C-]#[N+]c1ccc(F)cc1Cl.[C-]#[N+]c1ccc(N2C[C@@H](C)NC[C@@H]2C)cc1Cl. The molecule has 0 amide bonds. The van der Waals surface area contributed by atoms with E-state index < -0.39 is 5.82 Å². The van der Waals surface area contributed by atoms with Crippen molar-refractivity contribution in [2.24, 2.45) is 0 Å². The quantitative estimate of drug-likeness (QED) is 0.401. The van der Waals surface area contributed by atoms with E-state index in [0.29, 0.717) is 34.9 Å². The van der Waals surface area contributed by atoms with Crippen LogP contribution in [-0.2, 0) is 0 Å². The molecule has 0 radical (unpaired) electrons. The van der Waals surface area contributed by atoms with Gasteiger partial charge < -0.3 is 20.9 Å². The van der Waals surface area contributed by atoms with Crippen molar-refractivity contribution in [2.75, 3.05) is 31.1 Å². The lowest BCUT2D eigenvalue weighted by Gasteiger charge is -2.39. The minimum Gasteiger partial charge on any atom is -0.366 e. The van der Waals surface area contributed by atoms with Gasteiger partial charge in [0, 0.05) is 66.1 Å². The Hall–Kier alpha value is -2.39. The van der Waals surface area contributed by atoms with Gasteiger partial charge in [-0.1, -0.05) is 35.3 Å². The Morgan fingerprint density at radius 3 is 1.80 bits per heavy atom. The summed E-state index contributed by atoms with van der Waals surface area (Å²) in [5, 5.41) is 10.9. The minimum absolute atomic E-state index is 0.162. The van der Waals surface area contributed by atoms with Gasteiger partial charge in [0.25, 0.3) is 0 Å². The number of hydrogen-bond donors (Lipinski definition) is 3. The molecular weight excluding hydrogens is 486 g/mol. The first-order valence-corrected chi connectivity index (χ1v) is 12.4. The molecule has 2 aliphatic rings. The lowest BCUT2D eigenvalue weighted by molar-refractivity contribution is 0.376. The summed E-state index contributed by atoms with van der Waals surface area (Å²) in [6.07, 6.45) is 0. The summed E-state index contributed by atoms with van der Waals surface area (Å²) in [5.41, 5.74) is 1.90. The molecule has 2 aliphatic heterocycles. The molecule has 0 aliphatic carbocycles. The summed E-state index contributed by atoms with van der Waals surface area (Å²) >= 11 is 11.6. The molecule has 6 nitrogen and oxygen atoms in total. The van der Waals surface area contributed by atoms with Crippen LogP contribution >= 0.6 is 23.2 Å². The molecule has 188 valence electrons. The van der Waals surface area contributed by atoms with Crippen LogP contribution in [0.3, 0.4) is 0 Å². The average Bonchev–Trinajstić information content (AvgIpc) is 2.83. The molecule has 2 aromatic carbocycles. The Morgan fingerprint density at radius 1 is 0.800 bits per heavy atom. The monoisotopic (exact) mass is 518 g/mol. The van der Waals surface area contributed by atoms with Crippen LogP contribution in [0.4, 0.5) is 21.5 Å². The van der Waals surface area contributed by atoms with Gasteiger partial charge in [-0.15, -0.1) is 0 Å². The second kappa shape index (κ2) is 14.2. The van der Waals surface area contributed by atoms with E-state index >= 15 is 0 Å². The Bertz CT molecular complexity index is 1030. The van der Waals surface area contributed by atoms with Crippen LogP contribution in [0.5, 0.6) is 0 Å². The van der Waals surface area contributed by atoms with Gasteiger partial charge in [0.05, 0.1) is 13.1 Å². The highest BCUT2D eigenvalue weighted by atomic mass is 35.5. The molecule has 0 aromatic heterocycles. The molecule has 35 heavy (non-hydrogen) atoms. The zero-order valence-corrected chi connectivity index (χ0v) is 22.1. The lowest BCUT2D eigenvalue weighted by atomic mass is 10.1. The third-order valence-electron chi connectivity index (χ3n) is 5.72. The third kappa shape index (κ3) is 9.29. The van der Waals surface area contributed by atoms with E-state index in [1.807, 2.05) is 12.1 Å². The number of anilines is 1. The van der Waals surface area contributed by atoms with Crippen molar-refractivity contribution in [3.63, 3.8) is 0 Å². The fourth-order valence-corrected chi connectivity index (χ4v) is 4.05. The first-order valence-electron chi connectivity index (χ1n) is 11.6. The molecule has 2 heterocycles. The fraction of sp³-hybridized carbons (Fsp3) is 0.462. The first-order chi connectivity index (χ1) is 16.6. The molecule has 2 aromatic rings. The van der Waals surface area contributed by atoms with Crippen LogP contribution in [0.15, 0.2) is 36.4 Å². The van der Waals surface area contributed by atoms with E-state index in [4.69, 9.17) is 36.3 Å². The molecule has 3 N–H and O–H groups in total. The molecule has 0 unspecified atom stereocenters. The fourth-order valence-electron chi connectivity index (χ4n) is 3.62. The van der Waals surface area contributed by atoms with Crippen LogP contribution in [-0.4, -0.2) is 50.3 Å². The second-order valence-electron chi connectivity index (χ2n) is 8.88. The van der Waals surface area contributed by atoms with Crippen molar-refractivity contribution < 1.29 is 4.39 Å². The van der Waals surface area contributed by atoms with Crippen LogP contribution in [0.2, 0.25) is 10.0 Å². The van der Waals surface area contributed by atoms with Crippen LogP contribution in [0.1, 0.15) is 27.7 Å². The van der Waals surface area contributed by atoms with Crippen molar-refractivity contribution in [1.82, 2.24) is 16.0 Å². The van der Waals surface area contributed by atoms with Crippen LogP contribution < -0.4 is 20.9 Å². The lowest BCUT2D eigenvalue weighted by Crippen LogP contribution is -2.54. The van der Waals surface area contributed by atoms with Crippen molar-refractivity contribution in [1.29, 1.82) is 0 Å². The van der Waals surface area contributed by atoms with E-state index in [0.717, 1.165) is 37.9 Å². The summed E-state index contributed by atoms with van der Waals surface area (Å²) in [6.45, 7) is 26.5. The molecule has 4 rings (SSSR count). The van der Waals surface area contributed by atoms with Gasteiger partial charge in [-0.3, -0.25) is 0 Å².